The summed E-state index contributed by atoms with van der Waals surface area (Å²) < 4.78 is 5.30. The van der Waals surface area contributed by atoms with Crippen LogP contribution < -0.4 is 10.1 Å². The molecule has 4 heteroatoms. The summed E-state index contributed by atoms with van der Waals surface area (Å²) in [6, 6.07) is 6.22. The first kappa shape index (κ1) is 12.5. The molecule has 0 radical (unpaired) electrons. The summed E-state index contributed by atoms with van der Waals surface area (Å²) in [5.74, 6) is 0.920. The van der Waals surface area contributed by atoms with Crippen LogP contribution in [0.4, 0.5) is 0 Å². The van der Waals surface area contributed by atoms with Gasteiger partial charge in [-0.15, -0.1) is 0 Å². The lowest BCUT2D eigenvalue weighted by molar-refractivity contribution is 0.231. The standard InChI is InChI=1S/C15H21N3O/c1-11-13-9-12(19-2)3-4-14(13)17-15(11)10-18-7-5-16-6-8-18/h3-4,9,16-17H,5-8,10H2,1-2H3. The van der Waals surface area contributed by atoms with Gasteiger partial charge < -0.3 is 15.0 Å². The zero-order valence-electron chi connectivity index (χ0n) is 11.6. The van der Waals surface area contributed by atoms with Crippen molar-refractivity contribution in [3.63, 3.8) is 0 Å². The lowest BCUT2D eigenvalue weighted by Crippen LogP contribution is -2.43. The van der Waals surface area contributed by atoms with E-state index < -0.39 is 0 Å². The lowest BCUT2D eigenvalue weighted by Gasteiger charge is -2.26. The zero-order valence-corrected chi connectivity index (χ0v) is 11.6. The molecule has 1 saturated heterocycles. The zero-order chi connectivity index (χ0) is 13.2. The molecule has 1 fully saturated rings. The Balaban J connectivity index is 1.88. The van der Waals surface area contributed by atoms with Crippen LogP contribution in [0.15, 0.2) is 18.2 Å². The molecule has 19 heavy (non-hydrogen) atoms. The highest BCUT2D eigenvalue weighted by Crippen LogP contribution is 2.26. The molecular formula is C15H21N3O. The molecule has 0 spiro atoms. The van der Waals surface area contributed by atoms with Gasteiger partial charge in [0.05, 0.1) is 7.11 Å². The lowest BCUT2D eigenvalue weighted by atomic mass is 10.1. The summed E-state index contributed by atoms with van der Waals surface area (Å²) in [6.07, 6.45) is 0. The topological polar surface area (TPSA) is 40.3 Å². The molecule has 0 bridgehead atoms. The number of piperazine rings is 1. The second-order valence-electron chi connectivity index (χ2n) is 5.17. The maximum Gasteiger partial charge on any atom is 0.119 e. The van der Waals surface area contributed by atoms with E-state index in [1.165, 1.54) is 22.2 Å². The van der Waals surface area contributed by atoms with E-state index in [2.05, 4.69) is 34.3 Å². The van der Waals surface area contributed by atoms with E-state index in [1.54, 1.807) is 7.11 Å². The summed E-state index contributed by atoms with van der Waals surface area (Å²) in [7, 11) is 1.71. The smallest absolute Gasteiger partial charge is 0.119 e. The van der Waals surface area contributed by atoms with Crippen molar-refractivity contribution in [2.75, 3.05) is 33.3 Å². The number of fused-ring (bicyclic) bond motifs is 1. The summed E-state index contributed by atoms with van der Waals surface area (Å²) in [5, 5.41) is 4.66. The second-order valence-corrected chi connectivity index (χ2v) is 5.17. The van der Waals surface area contributed by atoms with E-state index in [0.717, 1.165) is 38.5 Å². The van der Waals surface area contributed by atoms with Gasteiger partial charge in [0.15, 0.2) is 0 Å². The van der Waals surface area contributed by atoms with E-state index in [9.17, 15) is 0 Å². The Bertz CT molecular complexity index is 570. The van der Waals surface area contributed by atoms with Gasteiger partial charge in [0, 0.05) is 49.3 Å². The van der Waals surface area contributed by atoms with Gasteiger partial charge in [-0.05, 0) is 30.7 Å². The molecule has 1 aromatic heterocycles. The van der Waals surface area contributed by atoms with Crippen molar-refractivity contribution in [3.8, 4) is 5.75 Å². The van der Waals surface area contributed by atoms with Crippen LogP contribution in [0, 0.1) is 6.92 Å². The largest absolute Gasteiger partial charge is 0.497 e. The average molecular weight is 259 g/mol. The van der Waals surface area contributed by atoms with Crippen LogP contribution in [-0.2, 0) is 6.54 Å². The second kappa shape index (κ2) is 5.23. The Labute approximate surface area is 113 Å². The van der Waals surface area contributed by atoms with Gasteiger partial charge in [0.1, 0.15) is 5.75 Å². The molecule has 4 nitrogen and oxygen atoms in total. The van der Waals surface area contributed by atoms with Crippen LogP contribution in [0.25, 0.3) is 10.9 Å². The van der Waals surface area contributed by atoms with Crippen molar-refractivity contribution in [3.05, 3.63) is 29.5 Å². The molecule has 0 amide bonds. The van der Waals surface area contributed by atoms with E-state index in [-0.39, 0.29) is 0 Å². The Morgan fingerprint density at radius 1 is 1.26 bits per heavy atom. The molecular weight excluding hydrogens is 238 g/mol. The van der Waals surface area contributed by atoms with E-state index >= 15 is 0 Å². The Hall–Kier alpha value is -1.52. The Morgan fingerprint density at radius 2 is 2.05 bits per heavy atom. The number of methoxy groups -OCH3 is 1. The number of hydrogen-bond donors (Lipinski definition) is 2. The number of rotatable bonds is 3. The summed E-state index contributed by atoms with van der Waals surface area (Å²) >= 11 is 0. The Kier molecular flexibility index (Phi) is 3.44. The third-order valence-electron chi connectivity index (χ3n) is 3.96. The van der Waals surface area contributed by atoms with Crippen molar-refractivity contribution in [1.29, 1.82) is 0 Å². The van der Waals surface area contributed by atoms with Crippen LogP contribution >= 0.6 is 0 Å². The highest BCUT2D eigenvalue weighted by molar-refractivity contribution is 5.85. The molecule has 102 valence electrons. The van der Waals surface area contributed by atoms with Gasteiger partial charge in [-0.1, -0.05) is 0 Å². The maximum atomic E-state index is 5.30. The number of nitrogens with zero attached hydrogens (tertiary/aromatic N) is 1. The number of aromatic amines is 1. The molecule has 0 atom stereocenters. The molecule has 2 heterocycles. The van der Waals surface area contributed by atoms with Crippen LogP contribution in [0.2, 0.25) is 0 Å². The fourth-order valence-electron chi connectivity index (χ4n) is 2.74. The van der Waals surface area contributed by atoms with Crippen molar-refractivity contribution in [2.24, 2.45) is 0 Å². The number of benzene rings is 1. The number of H-pyrrole nitrogens is 1. The summed E-state index contributed by atoms with van der Waals surface area (Å²) in [5.41, 5.74) is 3.86. The maximum absolute atomic E-state index is 5.30. The molecule has 2 aromatic rings. The van der Waals surface area contributed by atoms with Gasteiger partial charge in [-0.2, -0.15) is 0 Å². The molecule has 1 aliphatic rings. The first-order chi connectivity index (χ1) is 9.28. The van der Waals surface area contributed by atoms with Crippen LogP contribution in [-0.4, -0.2) is 43.2 Å². The number of aryl methyl sites for hydroxylation is 1. The average Bonchev–Trinajstić information content (AvgIpc) is 2.76. The molecule has 1 aromatic carbocycles. The Morgan fingerprint density at radius 3 is 2.79 bits per heavy atom. The predicted octanol–water partition coefficient (Wildman–Crippen LogP) is 1.89. The molecule has 1 aliphatic heterocycles. The highest BCUT2D eigenvalue weighted by Gasteiger charge is 2.14. The third kappa shape index (κ3) is 2.46. The third-order valence-corrected chi connectivity index (χ3v) is 3.96. The quantitative estimate of drug-likeness (QED) is 0.884. The molecule has 0 aliphatic carbocycles. The van der Waals surface area contributed by atoms with Gasteiger partial charge in [0.2, 0.25) is 0 Å². The van der Waals surface area contributed by atoms with Crippen molar-refractivity contribution in [1.82, 2.24) is 15.2 Å². The minimum Gasteiger partial charge on any atom is -0.497 e. The molecule has 2 N–H and O–H groups in total. The fraction of sp³-hybridized carbons (Fsp3) is 0.467. The number of nitrogens with one attached hydrogen (secondary N) is 2. The minimum absolute atomic E-state index is 0.920. The molecule has 0 unspecified atom stereocenters. The van der Waals surface area contributed by atoms with Crippen molar-refractivity contribution < 1.29 is 4.74 Å². The van der Waals surface area contributed by atoms with Crippen LogP contribution in [0.1, 0.15) is 11.3 Å². The molecule has 0 saturated carbocycles. The normalized spacial score (nSPS) is 16.9. The first-order valence-corrected chi connectivity index (χ1v) is 6.86. The van der Waals surface area contributed by atoms with Gasteiger partial charge in [-0.25, -0.2) is 0 Å². The van der Waals surface area contributed by atoms with Crippen LogP contribution in [0.3, 0.4) is 0 Å². The van der Waals surface area contributed by atoms with E-state index in [0.29, 0.717) is 0 Å². The van der Waals surface area contributed by atoms with Crippen molar-refractivity contribution >= 4 is 10.9 Å². The summed E-state index contributed by atoms with van der Waals surface area (Å²) in [4.78, 5) is 6.04. The van der Waals surface area contributed by atoms with Crippen LogP contribution in [0.5, 0.6) is 5.75 Å². The summed E-state index contributed by atoms with van der Waals surface area (Å²) in [6.45, 7) is 7.62. The number of aromatic nitrogens is 1. The number of ether oxygens (including phenoxy) is 1. The van der Waals surface area contributed by atoms with Crippen molar-refractivity contribution in [2.45, 2.75) is 13.5 Å². The monoisotopic (exact) mass is 259 g/mol. The fourth-order valence-corrected chi connectivity index (χ4v) is 2.74. The highest BCUT2D eigenvalue weighted by atomic mass is 16.5. The van der Waals surface area contributed by atoms with Gasteiger partial charge in [0.25, 0.3) is 0 Å². The van der Waals surface area contributed by atoms with Gasteiger partial charge >= 0.3 is 0 Å². The van der Waals surface area contributed by atoms with E-state index in [4.69, 9.17) is 4.74 Å². The predicted molar refractivity (Wildman–Crippen MR) is 77.7 cm³/mol. The SMILES string of the molecule is COc1ccc2[nH]c(CN3CCNCC3)c(C)c2c1. The minimum atomic E-state index is 0.920. The number of hydrogen-bond acceptors (Lipinski definition) is 3. The molecule has 3 rings (SSSR count). The van der Waals surface area contributed by atoms with Gasteiger partial charge in [-0.3, -0.25) is 4.90 Å². The van der Waals surface area contributed by atoms with E-state index in [1.807, 2.05) is 6.07 Å². The first-order valence-electron chi connectivity index (χ1n) is 6.86.